The van der Waals surface area contributed by atoms with Gasteiger partial charge in [-0.3, -0.25) is 9.69 Å². The molecule has 34 heavy (non-hydrogen) atoms. The van der Waals surface area contributed by atoms with Gasteiger partial charge in [0.05, 0.1) is 13.1 Å². The molecular weight excluding hydrogens is 434 g/mol. The summed E-state index contributed by atoms with van der Waals surface area (Å²) in [7, 11) is 2.17. The van der Waals surface area contributed by atoms with Crippen molar-refractivity contribution in [2.75, 3.05) is 46.3 Å². The number of nitrogens with zero attached hydrogens (tertiary/aromatic N) is 5. The maximum Gasteiger partial charge on any atom is 0.311 e. The number of ether oxygens (including phenoxy) is 1. The molecule has 3 heterocycles. The number of aromatic hydroxyl groups is 1. The van der Waals surface area contributed by atoms with Gasteiger partial charge in [-0.2, -0.15) is 0 Å². The van der Waals surface area contributed by atoms with E-state index in [-0.39, 0.29) is 29.5 Å². The van der Waals surface area contributed by atoms with Crippen molar-refractivity contribution in [3.8, 4) is 23.0 Å². The van der Waals surface area contributed by atoms with Gasteiger partial charge in [0.2, 0.25) is 5.89 Å². The molecule has 2 aliphatic heterocycles. The van der Waals surface area contributed by atoms with E-state index >= 15 is 0 Å². The quantitative estimate of drug-likeness (QED) is 0.596. The second-order valence-electron chi connectivity index (χ2n) is 9.09. The van der Waals surface area contributed by atoms with Gasteiger partial charge in [-0.05, 0) is 55.4 Å². The summed E-state index contributed by atoms with van der Waals surface area (Å²) in [6.45, 7) is 8.37. The topological polar surface area (TPSA) is 95.2 Å². The Kier molecular flexibility index (Phi) is 6.21. The zero-order chi connectivity index (χ0) is 23.7. The van der Waals surface area contributed by atoms with Crippen LogP contribution in [0.25, 0.3) is 11.5 Å². The van der Waals surface area contributed by atoms with E-state index in [1.807, 2.05) is 6.07 Å². The molecule has 0 spiro atoms. The Morgan fingerprint density at radius 1 is 1.09 bits per heavy atom. The molecular formula is C25H29N5O4. The molecule has 2 aliphatic rings. The summed E-state index contributed by atoms with van der Waals surface area (Å²) in [5.74, 6) is 0.879. The molecule has 2 saturated heterocycles. The Morgan fingerprint density at radius 2 is 1.82 bits per heavy atom. The minimum Gasteiger partial charge on any atom is -0.508 e. The molecule has 0 unspecified atom stereocenters. The number of phenols is 1. The summed E-state index contributed by atoms with van der Waals surface area (Å²) >= 11 is 0. The molecule has 1 aromatic heterocycles. The fourth-order valence-corrected chi connectivity index (χ4v) is 4.23. The standard InChI is InChI=1S/C25H29N5O4/c1-17-13-18(14-29-11-9-28(2)10-12-29)3-8-22(17)33-21-15-30(16-21)25(32)24-27-26-23(34-24)19-4-6-20(31)7-5-19/h3-8,13,21,31H,9-12,14-16H2,1-2H3. The van der Waals surface area contributed by atoms with E-state index in [0.717, 1.165) is 44.0 Å². The number of phenolic OH excluding ortho intramolecular Hbond substituents is 1. The van der Waals surface area contributed by atoms with Crippen LogP contribution in [-0.2, 0) is 6.54 Å². The molecule has 2 aromatic carbocycles. The van der Waals surface area contributed by atoms with Crippen LogP contribution in [0.2, 0.25) is 0 Å². The molecule has 0 saturated carbocycles. The number of likely N-dealkylation sites (N-methyl/N-ethyl adjacent to an activating group) is 1. The van der Waals surface area contributed by atoms with Crippen LogP contribution in [0.1, 0.15) is 21.8 Å². The van der Waals surface area contributed by atoms with E-state index in [9.17, 15) is 9.90 Å². The molecule has 1 N–H and O–H groups in total. The predicted molar refractivity (Wildman–Crippen MR) is 126 cm³/mol. The molecule has 3 aromatic rings. The van der Waals surface area contributed by atoms with Crippen molar-refractivity contribution in [2.24, 2.45) is 0 Å². The predicted octanol–water partition coefficient (Wildman–Crippen LogP) is 2.40. The van der Waals surface area contributed by atoms with Crippen molar-refractivity contribution in [2.45, 2.75) is 19.6 Å². The van der Waals surface area contributed by atoms with E-state index in [2.05, 4.69) is 46.1 Å². The summed E-state index contributed by atoms with van der Waals surface area (Å²) < 4.78 is 11.7. The first kappa shape index (κ1) is 22.4. The maximum absolute atomic E-state index is 12.7. The van der Waals surface area contributed by atoms with Crippen LogP contribution in [0, 0.1) is 6.92 Å². The number of hydrogen-bond acceptors (Lipinski definition) is 8. The smallest absolute Gasteiger partial charge is 0.311 e. The minimum absolute atomic E-state index is 0.0500. The largest absolute Gasteiger partial charge is 0.508 e. The van der Waals surface area contributed by atoms with Crippen LogP contribution in [0.15, 0.2) is 46.9 Å². The summed E-state index contributed by atoms with van der Waals surface area (Å²) in [6.07, 6.45) is -0.0642. The Balaban J connectivity index is 1.13. The number of piperazine rings is 1. The Hall–Kier alpha value is -3.43. The van der Waals surface area contributed by atoms with Crippen molar-refractivity contribution < 1.29 is 19.1 Å². The zero-order valence-corrected chi connectivity index (χ0v) is 19.5. The SMILES string of the molecule is Cc1cc(CN2CCN(C)CC2)ccc1OC1CN(C(=O)c2nnc(-c3ccc(O)cc3)o2)C1. The number of rotatable bonds is 6. The highest BCUT2D eigenvalue weighted by Crippen LogP contribution is 2.26. The number of aryl methyl sites for hydroxylation is 1. The van der Waals surface area contributed by atoms with Crippen molar-refractivity contribution >= 4 is 5.91 Å². The third-order valence-corrected chi connectivity index (χ3v) is 6.39. The van der Waals surface area contributed by atoms with Gasteiger partial charge in [0.15, 0.2) is 0 Å². The van der Waals surface area contributed by atoms with Gasteiger partial charge in [-0.1, -0.05) is 12.1 Å². The number of benzene rings is 2. The van der Waals surface area contributed by atoms with Gasteiger partial charge in [0.1, 0.15) is 17.6 Å². The molecule has 0 atom stereocenters. The third kappa shape index (κ3) is 4.90. The van der Waals surface area contributed by atoms with Gasteiger partial charge < -0.3 is 24.1 Å². The Bertz CT molecular complexity index is 1150. The van der Waals surface area contributed by atoms with E-state index < -0.39 is 0 Å². The number of carbonyl (C=O) groups is 1. The summed E-state index contributed by atoms with van der Waals surface area (Å²) in [6, 6.07) is 12.7. The second kappa shape index (κ2) is 9.44. The minimum atomic E-state index is -0.309. The molecule has 9 heteroatoms. The van der Waals surface area contributed by atoms with Crippen molar-refractivity contribution in [1.29, 1.82) is 0 Å². The third-order valence-electron chi connectivity index (χ3n) is 6.39. The van der Waals surface area contributed by atoms with Gasteiger partial charge in [-0.15, -0.1) is 10.2 Å². The van der Waals surface area contributed by atoms with Crippen LogP contribution >= 0.6 is 0 Å². The monoisotopic (exact) mass is 463 g/mol. The molecule has 0 bridgehead atoms. The second-order valence-corrected chi connectivity index (χ2v) is 9.09. The van der Waals surface area contributed by atoms with Gasteiger partial charge >= 0.3 is 11.8 Å². The lowest BCUT2D eigenvalue weighted by molar-refractivity contribution is 0.0147. The number of hydrogen-bond donors (Lipinski definition) is 1. The maximum atomic E-state index is 12.7. The van der Waals surface area contributed by atoms with Gasteiger partial charge in [0.25, 0.3) is 0 Å². The molecule has 5 rings (SSSR count). The first-order valence-corrected chi connectivity index (χ1v) is 11.5. The van der Waals surface area contributed by atoms with E-state index in [1.54, 1.807) is 17.0 Å². The van der Waals surface area contributed by atoms with Crippen LogP contribution in [0.5, 0.6) is 11.5 Å². The molecule has 0 radical (unpaired) electrons. The van der Waals surface area contributed by atoms with Crippen molar-refractivity contribution in [1.82, 2.24) is 24.9 Å². The van der Waals surface area contributed by atoms with E-state index in [4.69, 9.17) is 9.15 Å². The Morgan fingerprint density at radius 3 is 2.53 bits per heavy atom. The van der Waals surface area contributed by atoms with Gasteiger partial charge in [-0.25, -0.2) is 0 Å². The molecule has 2 fully saturated rings. The number of amides is 1. The van der Waals surface area contributed by atoms with Gasteiger partial charge in [0, 0.05) is 38.3 Å². The number of aromatic nitrogens is 2. The normalized spacial score (nSPS) is 17.5. The lowest BCUT2D eigenvalue weighted by Gasteiger charge is -2.38. The van der Waals surface area contributed by atoms with Crippen LogP contribution in [0.4, 0.5) is 0 Å². The highest BCUT2D eigenvalue weighted by molar-refractivity contribution is 5.90. The fraction of sp³-hybridized carbons (Fsp3) is 0.400. The summed E-state index contributed by atoms with van der Waals surface area (Å²) in [4.78, 5) is 19.1. The highest BCUT2D eigenvalue weighted by atomic mass is 16.5. The van der Waals surface area contributed by atoms with Crippen molar-refractivity contribution in [3.63, 3.8) is 0 Å². The average molecular weight is 464 g/mol. The number of likely N-dealkylation sites (tertiary alicyclic amines) is 1. The van der Waals surface area contributed by atoms with E-state index in [1.165, 1.54) is 17.7 Å². The molecule has 178 valence electrons. The summed E-state index contributed by atoms with van der Waals surface area (Å²) in [5.41, 5.74) is 3.04. The van der Waals surface area contributed by atoms with Crippen LogP contribution in [0.3, 0.4) is 0 Å². The molecule has 9 nitrogen and oxygen atoms in total. The zero-order valence-electron chi connectivity index (χ0n) is 19.5. The lowest BCUT2D eigenvalue weighted by Crippen LogP contribution is -2.56. The first-order chi connectivity index (χ1) is 16.4. The fourth-order valence-electron chi connectivity index (χ4n) is 4.23. The summed E-state index contributed by atoms with van der Waals surface area (Å²) in [5, 5.41) is 17.2. The number of carbonyl (C=O) groups excluding carboxylic acids is 1. The van der Waals surface area contributed by atoms with Crippen molar-refractivity contribution in [3.05, 3.63) is 59.5 Å². The van der Waals surface area contributed by atoms with Crippen LogP contribution < -0.4 is 4.74 Å². The van der Waals surface area contributed by atoms with E-state index in [0.29, 0.717) is 18.7 Å². The highest BCUT2D eigenvalue weighted by Gasteiger charge is 2.35. The molecule has 0 aliphatic carbocycles. The lowest BCUT2D eigenvalue weighted by atomic mass is 10.1. The Labute approximate surface area is 198 Å². The average Bonchev–Trinajstić information content (AvgIpc) is 3.29. The molecule has 1 amide bonds. The van der Waals surface area contributed by atoms with Crippen LogP contribution in [-0.4, -0.2) is 88.3 Å². The first-order valence-electron chi connectivity index (χ1n) is 11.5.